The maximum Gasteiger partial charge on any atom is 0.239 e. The molecule has 5 heteroatoms. The lowest BCUT2D eigenvalue weighted by Gasteiger charge is -2.41. The zero-order valence-electron chi connectivity index (χ0n) is 8.86. The van der Waals surface area contributed by atoms with Crippen molar-refractivity contribution in [2.75, 3.05) is 18.1 Å². The number of hydrogen-bond acceptors (Lipinski definition) is 4. The van der Waals surface area contributed by atoms with Crippen molar-refractivity contribution in [2.45, 2.75) is 25.3 Å². The third-order valence-corrected chi connectivity index (χ3v) is 4.23. The van der Waals surface area contributed by atoms with Crippen LogP contribution in [-0.2, 0) is 9.59 Å². The van der Waals surface area contributed by atoms with E-state index in [0.717, 1.165) is 12.8 Å². The summed E-state index contributed by atoms with van der Waals surface area (Å²) in [5.41, 5.74) is 5.31. The molecule has 1 atom stereocenters. The Morgan fingerprint density at radius 2 is 1.93 bits per heavy atom. The van der Waals surface area contributed by atoms with Gasteiger partial charge in [-0.3, -0.25) is 14.5 Å². The number of nitrogens with zero attached hydrogens (tertiary/aromatic N) is 1. The Balaban J connectivity index is 2.24. The molecule has 2 N–H and O–H groups in total. The van der Waals surface area contributed by atoms with Crippen molar-refractivity contribution in [3.05, 3.63) is 0 Å². The number of nitrogens with two attached hydrogens (primary N) is 1. The van der Waals surface area contributed by atoms with Crippen molar-refractivity contribution < 1.29 is 9.59 Å². The lowest BCUT2D eigenvalue weighted by atomic mass is 9.93. The predicted octanol–water partition coefficient (Wildman–Crippen LogP) is 0.216. The monoisotopic (exact) mass is 228 g/mol. The normalized spacial score (nSPS) is 26.7. The van der Waals surface area contributed by atoms with Crippen LogP contribution in [0.15, 0.2) is 0 Å². The van der Waals surface area contributed by atoms with Gasteiger partial charge in [-0.25, -0.2) is 0 Å². The SMILES string of the molecule is CC(CN)(C1CC1)N1C(=O)CSCC1=O. The molecule has 0 aromatic heterocycles. The average Bonchev–Trinajstić information content (AvgIpc) is 3.00. The van der Waals surface area contributed by atoms with Gasteiger partial charge in [-0.2, -0.15) is 0 Å². The van der Waals surface area contributed by atoms with Crippen LogP contribution in [0.3, 0.4) is 0 Å². The molecule has 2 rings (SSSR count). The van der Waals surface area contributed by atoms with Crippen LogP contribution >= 0.6 is 11.8 Å². The Bertz CT molecular complexity index is 288. The highest BCUT2D eigenvalue weighted by atomic mass is 32.2. The van der Waals surface area contributed by atoms with Crippen LogP contribution in [0.4, 0.5) is 0 Å². The second kappa shape index (κ2) is 3.79. The molecule has 1 aliphatic carbocycles. The summed E-state index contributed by atoms with van der Waals surface area (Å²) >= 11 is 1.39. The smallest absolute Gasteiger partial charge is 0.239 e. The standard InChI is InChI=1S/C10H16N2O2S/c1-10(6-11,7-2-3-7)12-8(13)4-15-5-9(12)14/h7H,2-6,11H2,1H3. The zero-order chi connectivity index (χ0) is 11.1. The summed E-state index contributed by atoms with van der Waals surface area (Å²) in [6.45, 7) is 2.32. The van der Waals surface area contributed by atoms with Gasteiger partial charge in [-0.05, 0) is 25.7 Å². The highest BCUT2D eigenvalue weighted by molar-refractivity contribution is 8.00. The van der Waals surface area contributed by atoms with Crippen LogP contribution in [0.1, 0.15) is 19.8 Å². The number of rotatable bonds is 3. The summed E-state index contributed by atoms with van der Waals surface area (Å²) in [4.78, 5) is 25.0. The van der Waals surface area contributed by atoms with Crippen molar-refractivity contribution in [3.63, 3.8) is 0 Å². The van der Waals surface area contributed by atoms with E-state index in [1.807, 2.05) is 6.92 Å². The topological polar surface area (TPSA) is 63.4 Å². The number of amides is 2. The lowest BCUT2D eigenvalue weighted by Crippen LogP contribution is -2.60. The van der Waals surface area contributed by atoms with Gasteiger partial charge in [-0.15, -0.1) is 11.8 Å². The van der Waals surface area contributed by atoms with E-state index in [1.54, 1.807) is 0 Å². The van der Waals surface area contributed by atoms with Crippen molar-refractivity contribution in [1.29, 1.82) is 0 Å². The van der Waals surface area contributed by atoms with Gasteiger partial charge >= 0.3 is 0 Å². The molecule has 1 saturated carbocycles. The fraction of sp³-hybridized carbons (Fsp3) is 0.800. The van der Waals surface area contributed by atoms with E-state index < -0.39 is 5.54 Å². The van der Waals surface area contributed by atoms with E-state index >= 15 is 0 Å². The van der Waals surface area contributed by atoms with Crippen molar-refractivity contribution in [2.24, 2.45) is 11.7 Å². The van der Waals surface area contributed by atoms with Gasteiger partial charge in [0, 0.05) is 6.54 Å². The zero-order valence-corrected chi connectivity index (χ0v) is 9.68. The molecule has 1 unspecified atom stereocenters. The molecular formula is C10H16N2O2S. The van der Waals surface area contributed by atoms with Crippen LogP contribution in [0.5, 0.6) is 0 Å². The number of imide groups is 1. The maximum atomic E-state index is 11.8. The minimum atomic E-state index is -0.435. The summed E-state index contributed by atoms with van der Waals surface area (Å²) in [5, 5.41) is 0. The third-order valence-electron chi connectivity index (χ3n) is 3.33. The van der Waals surface area contributed by atoms with E-state index in [4.69, 9.17) is 5.73 Å². The Kier molecular flexibility index (Phi) is 2.77. The van der Waals surface area contributed by atoms with Gasteiger partial charge < -0.3 is 5.73 Å². The molecule has 1 aliphatic heterocycles. The summed E-state index contributed by atoms with van der Waals surface area (Å²) in [5.74, 6) is 1.09. The van der Waals surface area contributed by atoms with Gasteiger partial charge in [0.05, 0.1) is 17.0 Å². The Morgan fingerprint density at radius 1 is 1.40 bits per heavy atom. The largest absolute Gasteiger partial charge is 0.328 e. The second-order valence-electron chi connectivity index (χ2n) is 4.45. The van der Waals surface area contributed by atoms with E-state index in [2.05, 4.69) is 0 Å². The predicted molar refractivity (Wildman–Crippen MR) is 59.4 cm³/mol. The highest BCUT2D eigenvalue weighted by Gasteiger charge is 2.49. The molecule has 1 heterocycles. The van der Waals surface area contributed by atoms with Gasteiger partial charge in [0.15, 0.2) is 0 Å². The van der Waals surface area contributed by atoms with E-state index in [0.29, 0.717) is 24.0 Å². The third kappa shape index (κ3) is 1.78. The molecule has 0 radical (unpaired) electrons. The maximum absolute atomic E-state index is 11.8. The summed E-state index contributed by atoms with van der Waals surface area (Å²) < 4.78 is 0. The highest BCUT2D eigenvalue weighted by Crippen LogP contribution is 2.43. The first kappa shape index (κ1) is 11.0. The van der Waals surface area contributed by atoms with Gasteiger partial charge in [0.25, 0.3) is 0 Å². The van der Waals surface area contributed by atoms with E-state index in [-0.39, 0.29) is 11.8 Å². The first-order chi connectivity index (χ1) is 7.09. The minimum Gasteiger partial charge on any atom is -0.328 e. The molecule has 84 valence electrons. The lowest BCUT2D eigenvalue weighted by molar-refractivity contribution is -0.149. The summed E-state index contributed by atoms with van der Waals surface area (Å²) in [7, 11) is 0. The Labute approximate surface area is 93.6 Å². The van der Waals surface area contributed by atoms with Crippen LogP contribution in [-0.4, -0.2) is 40.3 Å². The van der Waals surface area contributed by atoms with Crippen LogP contribution in [0.2, 0.25) is 0 Å². The fourth-order valence-corrected chi connectivity index (χ4v) is 2.92. The average molecular weight is 228 g/mol. The van der Waals surface area contributed by atoms with Gasteiger partial charge in [0.1, 0.15) is 0 Å². The van der Waals surface area contributed by atoms with Crippen LogP contribution < -0.4 is 5.73 Å². The number of carbonyl (C=O) groups excluding carboxylic acids is 2. The summed E-state index contributed by atoms with van der Waals surface area (Å²) in [6, 6.07) is 0. The number of hydrogen-bond donors (Lipinski definition) is 1. The van der Waals surface area contributed by atoms with Crippen LogP contribution in [0.25, 0.3) is 0 Å². The van der Waals surface area contributed by atoms with Crippen LogP contribution in [0, 0.1) is 5.92 Å². The first-order valence-electron chi connectivity index (χ1n) is 5.23. The van der Waals surface area contributed by atoms with Crippen molar-refractivity contribution in [3.8, 4) is 0 Å². The Morgan fingerprint density at radius 3 is 2.33 bits per heavy atom. The van der Waals surface area contributed by atoms with Crippen molar-refractivity contribution in [1.82, 2.24) is 4.90 Å². The molecule has 15 heavy (non-hydrogen) atoms. The molecule has 4 nitrogen and oxygen atoms in total. The molecule has 0 bridgehead atoms. The molecule has 0 spiro atoms. The van der Waals surface area contributed by atoms with Gasteiger partial charge in [0.2, 0.25) is 11.8 Å². The number of thioether (sulfide) groups is 1. The molecule has 2 amide bonds. The fourth-order valence-electron chi connectivity index (χ4n) is 2.21. The molecule has 1 saturated heterocycles. The molecular weight excluding hydrogens is 212 g/mol. The number of carbonyl (C=O) groups is 2. The first-order valence-corrected chi connectivity index (χ1v) is 6.39. The molecule has 0 aromatic carbocycles. The second-order valence-corrected chi connectivity index (χ2v) is 5.44. The molecule has 0 aromatic rings. The van der Waals surface area contributed by atoms with E-state index in [1.165, 1.54) is 16.7 Å². The minimum absolute atomic E-state index is 0.0731. The van der Waals surface area contributed by atoms with Gasteiger partial charge in [-0.1, -0.05) is 0 Å². The molecule has 2 fully saturated rings. The van der Waals surface area contributed by atoms with E-state index in [9.17, 15) is 9.59 Å². The Hall–Kier alpha value is -0.550. The quantitative estimate of drug-likeness (QED) is 0.702. The van der Waals surface area contributed by atoms with Crippen molar-refractivity contribution >= 4 is 23.6 Å². The molecule has 2 aliphatic rings. The summed E-state index contributed by atoms with van der Waals surface area (Å²) in [6.07, 6.45) is 2.16.